The first-order valence-corrected chi connectivity index (χ1v) is 15.8. The van der Waals surface area contributed by atoms with Gasteiger partial charge < -0.3 is 20.2 Å². The van der Waals surface area contributed by atoms with Crippen LogP contribution in [0.3, 0.4) is 0 Å². The van der Waals surface area contributed by atoms with Gasteiger partial charge in [0, 0.05) is 35.9 Å². The Labute approximate surface area is 275 Å². The third-order valence-electron chi connectivity index (χ3n) is 6.72. The maximum Gasteiger partial charge on any atom is 0.333 e. The van der Waals surface area contributed by atoms with E-state index in [0.29, 0.717) is 39.6 Å². The van der Waals surface area contributed by atoms with E-state index in [1.165, 1.54) is 22.1 Å². The highest BCUT2D eigenvalue weighted by Gasteiger charge is 2.35. The summed E-state index contributed by atoms with van der Waals surface area (Å²) in [6.07, 6.45) is 2.74. The van der Waals surface area contributed by atoms with Crippen molar-refractivity contribution >= 4 is 60.8 Å². The van der Waals surface area contributed by atoms with Crippen molar-refractivity contribution in [3.63, 3.8) is 0 Å². The molecule has 0 atom stereocenters. The van der Waals surface area contributed by atoms with E-state index in [1.807, 2.05) is 45.9 Å². The lowest BCUT2D eigenvalue weighted by atomic mass is 9.98. The minimum atomic E-state index is -1.44. The molecule has 0 saturated heterocycles. The average Bonchev–Trinajstić information content (AvgIpc) is 3.29. The molecule has 0 bridgehead atoms. The fraction of sp³-hybridized carbons (Fsp3) is 0.484. The van der Waals surface area contributed by atoms with Crippen molar-refractivity contribution in [3.8, 4) is 11.8 Å². The summed E-state index contributed by atoms with van der Waals surface area (Å²) in [5.41, 5.74) is 1.45. The molecule has 3 rings (SSSR count). The minimum Gasteiger partial charge on any atom is -0.496 e. The van der Waals surface area contributed by atoms with E-state index < -0.39 is 22.7 Å². The van der Waals surface area contributed by atoms with E-state index in [-0.39, 0.29) is 18.0 Å². The molecule has 0 aliphatic heterocycles. The van der Waals surface area contributed by atoms with E-state index in [2.05, 4.69) is 37.8 Å². The number of rotatable bonds is 12. The van der Waals surface area contributed by atoms with Gasteiger partial charge in [-0.3, -0.25) is 19.6 Å². The first kappa shape index (κ1) is 37.4. The summed E-state index contributed by atoms with van der Waals surface area (Å²) in [5.74, 6) is 0.256. The number of hydrogen-bond acceptors (Lipinski definition) is 10. The van der Waals surface area contributed by atoms with E-state index in [1.54, 1.807) is 35.0 Å². The second-order valence-electron chi connectivity index (χ2n) is 11.7. The number of aryl methyl sites for hydroxylation is 3. The first-order chi connectivity index (χ1) is 21.1. The second kappa shape index (κ2) is 16.0. The number of fused-ring (bicyclic) bond motifs is 1. The van der Waals surface area contributed by atoms with Crippen molar-refractivity contribution in [3.05, 3.63) is 54.6 Å². The van der Waals surface area contributed by atoms with Crippen LogP contribution in [0.2, 0.25) is 0 Å². The number of carbonyl (C=O) groups excluding carboxylic acids is 1. The van der Waals surface area contributed by atoms with Gasteiger partial charge in [0.25, 0.3) is 5.56 Å². The normalized spacial score (nSPS) is 11.7. The minimum absolute atomic E-state index is 0.164. The van der Waals surface area contributed by atoms with Crippen LogP contribution in [0.15, 0.2) is 37.4 Å². The smallest absolute Gasteiger partial charge is 0.333 e. The van der Waals surface area contributed by atoms with Crippen LogP contribution >= 0.6 is 27.3 Å². The van der Waals surface area contributed by atoms with Crippen LogP contribution in [0.5, 0.6) is 5.75 Å². The summed E-state index contributed by atoms with van der Waals surface area (Å²) in [6.45, 7) is 13.0. The molecule has 0 aliphatic carbocycles. The Kier molecular flexibility index (Phi) is 13.3. The summed E-state index contributed by atoms with van der Waals surface area (Å²) >= 11 is 4.71. The zero-order valence-electron chi connectivity index (χ0n) is 27.2. The predicted octanol–water partition coefficient (Wildman–Crippen LogP) is 5.04. The highest BCUT2D eigenvalue weighted by Crippen LogP contribution is 2.33. The molecular weight excluding hydrogens is 662 g/mol. The average molecular weight is 705 g/mol. The van der Waals surface area contributed by atoms with Crippen LogP contribution in [-0.2, 0) is 28.0 Å². The van der Waals surface area contributed by atoms with Crippen LogP contribution in [0.25, 0.3) is 10.2 Å². The molecule has 14 heteroatoms. The fourth-order valence-corrected chi connectivity index (χ4v) is 5.96. The van der Waals surface area contributed by atoms with Crippen LogP contribution < -0.4 is 26.7 Å². The van der Waals surface area contributed by atoms with Crippen molar-refractivity contribution in [2.45, 2.75) is 73.0 Å². The van der Waals surface area contributed by atoms with Gasteiger partial charge in [0.1, 0.15) is 21.1 Å². The number of carbonyl (C=O) groups is 1. The highest BCUT2D eigenvalue weighted by molar-refractivity contribution is 9.10. The van der Waals surface area contributed by atoms with Gasteiger partial charge in [-0.15, -0.1) is 0 Å². The number of anilines is 1. The van der Waals surface area contributed by atoms with E-state index >= 15 is 0 Å². The van der Waals surface area contributed by atoms with Crippen molar-refractivity contribution in [1.82, 2.24) is 14.5 Å². The Morgan fingerprint density at radius 2 is 1.91 bits per heavy atom. The monoisotopic (exact) mass is 703 g/mol. The Morgan fingerprint density at radius 3 is 2.44 bits per heavy atom. The van der Waals surface area contributed by atoms with Gasteiger partial charge in [0.05, 0.1) is 36.8 Å². The van der Waals surface area contributed by atoms with Crippen molar-refractivity contribution < 1.29 is 14.3 Å². The molecule has 0 fully saturated rings. The summed E-state index contributed by atoms with van der Waals surface area (Å²) in [7, 11) is 3.18. The van der Waals surface area contributed by atoms with Crippen molar-refractivity contribution in [1.29, 1.82) is 10.7 Å². The van der Waals surface area contributed by atoms with Gasteiger partial charge in [0.15, 0.2) is 0 Å². The van der Waals surface area contributed by atoms with Gasteiger partial charge in [0.2, 0.25) is 5.91 Å². The Hall–Kier alpha value is -3.80. The zero-order chi connectivity index (χ0) is 34.1. The predicted molar refractivity (Wildman–Crippen MR) is 184 cm³/mol. The number of methoxy groups -OCH3 is 2. The Morgan fingerprint density at radius 1 is 1.24 bits per heavy atom. The van der Waals surface area contributed by atoms with Crippen molar-refractivity contribution in [2.24, 2.45) is 10.5 Å². The molecule has 45 heavy (non-hydrogen) atoms. The number of benzene rings is 1. The number of ether oxygens (including phenoxy) is 2. The number of hydrazone groups is 1. The molecule has 0 aliphatic rings. The SMILES string of the molecule is COCC(C)(C)C#N.COc1ccc(Br)cc1CCn1c(=O)n(C(C)(C)C(=O)NC(C)C)c(=O)c2c(C)c(N/N=C\C=N)sc21. The number of hydrogen-bond donors (Lipinski definition) is 3. The maximum atomic E-state index is 13.9. The molecule has 0 radical (unpaired) electrons. The summed E-state index contributed by atoms with van der Waals surface area (Å²) < 4.78 is 13.7. The molecule has 2 heterocycles. The second-order valence-corrected chi connectivity index (χ2v) is 13.6. The highest BCUT2D eigenvalue weighted by atomic mass is 79.9. The molecule has 0 spiro atoms. The number of amides is 1. The topological polar surface area (TPSA) is 164 Å². The van der Waals surface area contributed by atoms with Crippen LogP contribution in [0.4, 0.5) is 5.00 Å². The molecular formula is C31H42BrN7O5S. The molecule has 1 aromatic carbocycles. The lowest BCUT2D eigenvalue weighted by Gasteiger charge is -2.27. The zero-order valence-corrected chi connectivity index (χ0v) is 29.6. The Bertz CT molecular complexity index is 1710. The molecule has 3 aromatic rings. The third kappa shape index (κ3) is 9.12. The number of halogens is 1. The number of nitrogens with one attached hydrogen (secondary N) is 3. The quantitative estimate of drug-likeness (QED) is 0.176. The standard InChI is InChI=1S/C25H31BrN6O4S.C6H11NO/c1-14(2)29-23(34)25(4,5)32-21(33)19-15(3)20(30-28-11-10-27)37-22(19)31(24(32)35)12-9-16-13-17(26)7-8-18(16)36-6;1-6(2,4-7)5-8-3/h7-8,10-11,13-14,27,30H,9,12H2,1-6H3,(H,29,34);5H2,1-3H3/b27-10?,28-11-;. The van der Waals surface area contributed by atoms with E-state index in [9.17, 15) is 14.4 Å². The van der Waals surface area contributed by atoms with Gasteiger partial charge in [-0.2, -0.15) is 10.4 Å². The lowest BCUT2D eigenvalue weighted by Crippen LogP contribution is -2.56. The first-order valence-electron chi connectivity index (χ1n) is 14.2. The summed E-state index contributed by atoms with van der Waals surface area (Å²) in [6, 6.07) is 7.60. The number of nitrogens with zero attached hydrogens (tertiary/aromatic N) is 4. The van der Waals surface area contributed by atoms with Crippen molar-refractivity contribution in [2.75, 3.05) is 26.3 Å². The van der Waals surface area contributed by atoms with Crippen LogP contribution in [0, 0.1) is 29.1 Å². The number of thiophene rings is 1. The van der Waals surface area contributed by atoms with Gasteiger partial charge in [-0.25, -0.2) is 9.36 Å². The molecule has 2 aromatic heterocycles. The van der Waals surface area contributed by atoms with Crippen LogP contribution in [0.1, 0.15) is 52.7 Å². The summed E-state index contributed by atoms with van der Waals surface area (Å²) in [5, 5.41) is 23.2. The third-order valence-corrected chi connectivity index (χ3v) is 8.43. The number of nitriles is 1. The summed E-state index contributed by atoms with van der Waals surface area (Å²) in [4.78, 5) is 41.2. The Balaban J connectivity index is 0.000000777. The van der Waals surface area contributed by atoms with E-state index in [4.69, 9.17) is 20.1 Å². The molecule has 0 saturated carbocycles. The molecule has 3 N–H and O–H groups in total. The molecule has 1 amide bonds. The van der Waals surface area contributed by atoms with Gasteiger partial charge >= 0.3 is 5.69 Å². The maximum absolute atomic E-state index is 13.9. The van der Waals surface area contributed by atoms with Gasteiger partial charge in [-0.1, -0.05) is 27.3 Å². The molecule has 12 nitrogen and oxygen atoms in total. The van der Waals surface area contributed by atoms with Gasteiger partial charge in [-0.05, 0) is 78.6 Å². The molecule has 244 valence electrons. The van der Waals surface area contributed by atoms with E-state index in [0.717, 1.165) is 20.8 Å². The lowest BCUT2D eigenvalue weighted by molar-refractivity contribution is -0.129. The largest absolute Gasteiger partial charge is 0.496 e. The fourth-order valence-electron chi connectivity index (χ4n) is 4.38. The molecule has 0 unspecified atom stereocenters. The van der Waals surface area contributed by atoms with Crippen LogP contribution in [-0.4, -0.2) is 54.3 Å². The number of aromatic nitrogens is 2.